The summed E-state index contributed by atoms with van der Waals surface area (Å²) < 4.78 is 5.57. The average Bonchev–Trinajstić information content (AvgIpc) is 2.91. The molecule has 0 heterocycles. The molecule has 3 nitrogen and oxygen atoms in total. The maximum Gasteiger partial charge on any atom is 0.242 e. The predicted molar refractivity (Wildman–Crippen MR) is 81.2 cm³/mol. The molecule has 1 aliphatic rings. The van der Waals surface area contributed by atoms with Gasteiger partial charge in [-0.1, -0.05) is 25.0 Å². The first-order valence-corrected chi connectivity index (χ1v) is 7.71. The largest absolute Gasteiger partial charge is 0.491 e. The highest BCUT2D eigenvalue weighted by Crippen LogP contribution is 2.25. The number of ether oxygens (including phenoxy) is 1. The molecule has 1 aromatic carbocycles. The number of carbonyl (C=O) groups is 1. The van der Waals surface area contributed by atoms with Gasteiger partial charge in [0.2, 0.25) is 5.91 Å². The second-order valence-corrected chi connectivity index (χ2v) is 6.02. The van der Waals surface area contributed by atoms with Gasteiger partial charge in [0.05, 0.1) is 6.10 Å². The average molecular weight is 296 g/mol. The fourth-order valence-electron chi connectivity index (χ4n) is 2.48. The summed E-state index contributed by atoms with van der Waals surface area (Å²) in [5.74, 6) is 0.694. The molecule has 0 spiro atoms. The highest BCUT2D eigenvalue weighted by atomic mass is 35.5. The van der Waals surface area contributed by atoms with Crippen molar-refractivity contribution >= 4 is 17.5 Å². The van der Waals surface area contributed by atoms with Crippen molar-refractivity contribution in [1.82, 2.24) is 5.32 Å². The third kappa shape index (κ3) is 4.14. The van der Waals surface area contributed by atoms with Crippen LogP contribution < -0.4 is 10.1 Å². The smallest absolute Gasteiger partial charge is 0.242 e. The highest BCUT2D eigenvalue weighted by molar-refractivity contribution is 6.30. The second-order valence-electron chi connectivity index (χ2n) is 5.59. The van der Waals surface area contributed by atoms with Gasteiger partial charge in [0.1, 0.15) is 11.1 Å². The summed E-state index contributed by atoms with van der Waals surface area (Å²) in [4.78, 5) is 12.1. The van der Waals surface area contributed by atoms with Gasteiger partial charge in [0.15, 0.2) is 0 Å². The molecule has 0 bridgehead atoms. The van der Waals surface area contributed by atoms with Crippen LogP contribution in [0, 0.1) is 0 Å². The van der Waals surface area contributed by atoms with Crippen molar-refractivity contribution in [1.29, 1.82) is 0 Å². The van der Waals surface area contributed by atoms with Crippen molar-refractivity contribution in [2.24, 2.45) is 0 Å². The molecule has 1 fully saturated rings. The minimum atomic E-state index is -0.635. The Hall–Kier alpha value is -1.22. The monoisotopic (exact) mass is 295 g/mol. The van der Waals surface area contributed by atoms with Crippen molar-refractivity contribution in [3.05, 3.63) is 29.8 Å². The zero-order valence-corrected chi connectivity index (χ0v) is 12.8. The van der Waals surface area contributed by atoms with E-state index < -0.39 is 5.38 Å². The number of benzene rings is 1. The lowest BCUT2D eigenvalue weighted by Gasteiger charge is -2.16. The van der Waals surface area contributed by atoms with Gasteiger partial charge in [0.25, 0.3) is 0 Å². The minimum absolute atomic E-state index is 0.101. The Labute approximate surface area is 125 Å². The molecular weight excluding hydrogens is 274 g/mol. The standard InChI is InChI=1S/C16H22ClNO2/c1-11(2)20-14-9-7-12(8-10-14)15(17)16(19)18-13-5-3-4-6-13/h7-11,13,15H,3-6H2,1-2H3,(H,18,19). The first kappa shape index (κ1) is 15.2. The van der Waals surface area contributed by atoms with E-state index in [9.17, 15) is 4.79 Å². The summed E-state index contributed by atoms with van der Waals surface area (Å²) in [6.45, 7) is 3.96. The maximum absolute atomic E-state index is 12.1. The second kappa shape index (κ2) is 6.98. The topological polar surface area (TPSA) is 38.3 Å². The summed E-state index contributed by atoms with van der Waals surface area (Å²) in [6, 6.07) is 7.71. The van der Waals surface area contributed by atoms with E-state index in [-0.39, 0.29) is 12.0 Å². The summed E-state index contributed by atoms with van der Waals surface area (Å²) >= 11 is 6.24. The first-order valence-electron chi connectivity index (χ1n) is 7.27. The lowest BCUT2D eigenvalue weighted by Crippen LogP contribution is -2.34. The summed E-state index contributed by atoms with van der Waals surface area (Å²) in [7, 11) is 0. The number of alkyl halides is 1. The van der Waals surface area contributed by atoms with Crippen molar-refractivity contribution in [3.8, 4) is 5.75 Å². The number of halogens is 1. The molecule has 1 aliphatic carbocycles. The van der Waals surface area contributed by atoms with Crippen LogP contribution in [0.2, 0.25) is 0 Å². The van der Waals surface area contributed by atoms with E-state index in [1.54, 1.807) is 0 Å². The predicted octanol–water partition coefficient (Wildman–Crippen LogP) is 3.81. The van der Waals surface area contributed by atoms with Crippen LogP contribution in [0.3, 0.4) is 0 Å². The Balaban J connectivity index is 1.93. The van der Waals surface area contributed by atoms with Crippen LogP contribution in [0.15, 0.2) is 24.3 Å². The van der Waals surface area contributed by atoms with E-state index in [1.165, 1.54) is 12.8 Å². The molecule has 110 valence electrons. The van der Waals surface area contributed by atoms with E-state index in [0.717, 1.165) is 24.2 Å². The molecule has 0 aromatic heterocycles. The quantitative estimate of drug-likeness (QED) is 0.839. The van der Waals surface area contributed by atoms with Gasteiger partial charge in [-0.3, -0.25) is 4.79 Å². The van der Waals surface area contributed by atoms with E-state index >= 15 is 0 Å². The number of hydrogen-bond acceptors (Lipinski definition) is 2. The molecule has 1 saturated carbocycles. The third-order valence-corrected chi connectivity index (χ3v) is 3.93. The molecule has 0 saturated heterocycles. The first-order chi connectivity index (χ1) is 9.56. The van der Waals surface area contributed by atoms with Gasteiger partial charge >= 0.3 is 0 Å². The summed E-state index contributed by atoms with van der Waals surface area (Å²) in [5.41, 5.74) is 0.804. The van der Waals surface area contributed by atoms with Crippen molar-refractivity contribution < 1.29 is 9.53 Å². The van der Waals surface area contributed by atoms with Crippen LogP contribution in [-0.4, -0.2) is 18.1 Å². The minimum Gasteiger partial charge on any atom is -0.491 e. The Morgan fingerprint density at radius 2 is 1.85 bits per heavy atom. The summed E-state index contributed by atoms with van der Waals surface area (Å²) in [6.07, 6.45) is 4.66. The number of nitrogens with one attached hydrogen (secondary N) is 1. The number of amides is 1. The lowest BCUT2D eigenvalue weighted by molar-refractivity contribution is -0.121. The van der Waals surface area contributed by atoms with Crippen LogP contribution in [0.25, 0.3) is 0 Å². The highest BCUT2D eigenvalue weighted by Gasteiger charge is 2.23. The molecule has 1 N–H and O–H groups in total. The van der Waals surface area contributed by atoms with Gasteiger partial charge in [-0.2, -0.15) is 0 Å². The Morgan fingerprint density at radius 3 is 2.40 bits per heavy atom. The fraction of sp³-hybridized carbons (Fsp3) is 0.562. The van der Waals surface area contributed by atoms with Crippen molar-refractivity contribution in [2.75, 3.05) is 0 Å². The molecule has 4 heteroatoms. The number of carbonyl (C=O) groups excluding carboxylic acids is 1. The third-order valence-electron chi connectivity index (χ3n) is 3.48. The normalized spacial score (nSPS) is 17.2. The van der Waals surface area contributed by atoms with Crippen LogP contribution in [0.5, 0.6) is 5.75 Å². The zero-order valence-electron chi connectivity index (χ0n) is 12.1. The van der Waals surface area contributed by atoms with Gasteiger partial charge in [-0.25, -0.2) is 0 Å². The Morgan fingerprint density at radius 1 is 1.25 bits per heavy atom. The van der Waals surface area contributed by atoms with Gasteiger partial charge in [-0.15, -0.1) is 11.6 Å². The van der Waals surface area contributed by atoms with E-state index in [4.69, 9.17) is 16.3 Å². The van der Waals surface area contributed by atoms with Crippen LogP contribution in [0.4, 0.5) is 0 Å². The van der Waals surface area contributed by atoms with Gasteiger partial charge in [0, 0.05) is 6.04 Å². The SMILES string of the molecule is CC(C)Oc1ccc(C(Cl)C(=O)NC2CCCC2)cc1. The summed E-state index contributed by atoms with van der Waals surface area (Å²) in [5, 5.41) is 2.39. The van der Waals surface area contributed by atoms with Gasteiger partial charge < -0.3 is 10.1 Å². The molecule has 0 aliphatic heterocycles. The Kier molecular flexibility index (Phi) is 5.30. The molecule has 0 radical (unpaired) electrons. The maximum atomic E-state index is 12.1. The molecule has 1 aromatic rings. The van der Waals surface area contributed by atoms with Crippen molar-refractivity contribution in [3.63, 3.8) is 0 Å². The van der Waals surface area contributed by atoms with Gasteiger partial charge in [-0.05, 0) is 44.4 Å². The van der Waals surface area contributed by atoms with Crippen molar-refractivity contribution in [2.45, 2.75) is 57.1 Å². The number of hydrogen-bond donors (Lipinski definition) is 1. The molecular formula is C16H22ClNO2. The van der Waals surface area contributed by atoms with Crippen LogP contribution in [-0.2, 0) is 4.79 Å². The molecule has 2 rings (SSSR count). The molecule has 1 unspecified atom stereocenters. The number of rotatable bonds is 5. The molecule has 20 heavy (non-hydrogen) atoms. The Bertz CT molecular complexity index is 438. The fourth-order valence-corrected chi connectivity index (χ4v) is 2.69. The van der Waals surface area contributed by atoms with E-state index in [0.29, 0.717) is 6.04 Å². The van der Waals surface area contributed by atoms with E-state index in [1.807, 2.05) is 38.1 Å². The lowest BCUT2D eigenvalue weighted by atomic mass is 10.1. The van der Waals surface area contributed by atoms with Crippen LogP contribution in [0.1, 0.15) is 50.5 Å². The molecule has 1 atom stereocenters. The van der Waals surface area contributed by atoms with Crippen LogP contribution >= 0.6 is 11.6 Å². The molecule has 1 amide bonds. The van der Waals surface area contributed by atoms with E-state index in [2.05, 4.69) is 5.32 Å². The zero-order chi connectivity index (χ0) is 14.5.